The van der Waals surface area contributed by atoms with Gasteiger partial charge in [-0.1, -0.05) is 0 Å². The molecule has 0 fully saturated rings. The van der Waals surface area contributed by atoms with Gasteiger partial charge in [0.2, 0.25) is 0 Å². The molecule has 0 spiro atoms. The highest BCUT2D eigenvalue weighted by Crippen LogP contribution is 2.27. The van der Waals surface area contributed by atoms with Gasteiger partial charge in [0, 0.05) is 11.1 Å². The van der Waals surface area contributed by atoms with Gasteiger partial charge in [0.15, 0.2) is 5.78 Å². The van der Waals surface area contributed by atoms with Crippen LogP contribution in [0, 0.1) is 5.82 Å². The molecule has 0 amide bonds. The lowest BCUT2D eigenvalue weighted by molar-refractivity contribution is 0.103. The van der Waals surface area contributed by atoms with Crippen LogP contribution in [0.1, 0.15) is 15.9 Å². The number of halogens is 3. The molecule has 2 nitrogen and oxygen atoms in total. The van der Waals surface area contributed by atoms with Crippen LogP contribution in [0.25, 0.3) is 0 Å². The van der Waals surface area contributed by atoms with Gasteiger partial charge in [0.1, 0.15) is 18.0 Å². The van der Waals surface area contributed by atoms with Crippen molar-refractivity contribution in [1.82, 2.24) is 0 Å². The average Bonchev–Trinajstić information content (AvgIpc) is 2.42. The Kier molecular flexibility index (Phi) is 5.30. The van der Waals surface area contributed by atoms with Crippen molar-refractivity contribution in [3.05, 3.63) is 63.9 Å². The summed E-state index contributed by atoms with van der Waals surface area (Å²) in [5.74, 6) is 0.0538. The highest BCUT2D eigenvalue weighted by atomic mass is 127. The van der Waals surface area contributed by atoms with Crippen molar-refractivity contribution in [2.24, 2.45) is 0 Å². The zero-order valence-electron chi connectivity index (χ0n) is 9.49. The summed E-state index contributed by atoms with van der Waals surface area (Å²) >= 11 is 5.18. The van der Waals surface area contributed by atoms with Gasteiger partial charge in [0.25, 0.3) is 0 Å². The van der Waals surface area contributed by atoms with E-state index in [9.17, 15) is 9.18 Å². The quantitative estimate of drug-likeness (QED) is 0.364. The topological polar surface area (TPSA) is 26.3 Å². The van der Waals surface area contributed by atoms with Crippen LogP contribution in [0.15, 0.2) is 46.9 Å². The zero-order valence-corrected chi connectivity index (χ0v) is 14.2. The molecule has 0 aliphatic carbocycles. The fourth-order valence-electron chi connectivity index (χ4n) is 1.52. The molecule has 2 aromatic carbocycles. The fourth-order valence-corrected chi connectivity index (χ4v) is 2.76. The number of carbonyl (C=O) groups is 1. The summed E-state index contributed by atoms with van der Waals surface area (Å²) in [6.45, 7) is 0.326. The lowest BCUT2D eigenvalue weighted by Gasteiger charge is -2.04. The highest BCUT2D eigenvalue weighted by Gasteiger charge is 2.11. The van der Waals surface area contributed by atoms with Crippen LogP contribution < -0.4 is 4.52 Å². The molecular weight excluding hydrogens is 445 g/mol. The normalized spacial score (nSPS) is 10.9. The third-order valence-electron chi connectivity index (χ3n) is 2.45. The van der Waals surface area contributed by atoms with Crippen LogP contribution in [-0.4, -0.2) is 5.78 Å². The number of hydrogen-bond donors (Lipinski definition) is 0. The van der Waals surface area contributed by atoms with Crippen molar-refractivity contribution in [3.63, 3.8) is 0 Å². The molecular formula is C13H8BrFIO2P. The Labute approximate surface area is 133 Å². The molecule has 6 heteroatoms. The van der Waals surface area contributed by atoms with Crippen molar-refractivity contribution < 1.29 is 13.7 Å². The van der Waals surface area contributed by atoms with Gasteiger partial charge < -0.3 is 4.52 Å². The first-order valence-electron chi connectivity index (χ1n) is 5.24. The summed E-state index contributed by atoms with van der Waals surface area (Å²) in [5, 5.41) is 0. The zero-order chi connectivity index (χ0) is 13.8. The molecule has 0 saturated heterocycles. The molecule has 1 atom stereocenters. The van der Waals surface area contributed by atoms with E-state index >= 15 is 0 Å². The maximum absolute atomic E-state index is 13.4. The number of rotatable bonds is 4. The van der Waals surface area contributed by atoms with Crippen LogP contribution in [0.5, 0.6) is 5.75 Å². The highest BCUT2D eigenvalue weighted by molar-refractivity contribution is 14.2. The first-order valence-corrected chi connectivity index (χ1v) is 10.1. The molecule has 0 heterocycles. The van der Waals surface area contributed by atoms with Gasteiger partial charge in [0.05, 0.1) is 4.47 Å². The molecule has 2 rings (SSSR count). The first-order chi connectivity index (χ1) is 9.11. The van der Waals surface area contributed by atoms with Crippen molar-refractivity contribution >= 4 is 50.2 Å². The summed E-state index contributed by atoms with van der Waals surface area (Å²) < 4.78 is 19.1. The van der Waals surface area contributed by atoms with Crippen molar-refractivity contribution in [3.8, 4) is 5.75 Å². The SMILES string of the molecule is O=C(c1ccc(OPI)cc1)c1ccc(Br)c(F)c1. The van der Waals surface area contributed by atoms with Crippen LogP contribution in [0.4, 0.5) is 4.39 Å². The minimum atomic E-state index is -0.447. The predicted molar refractivity (Wildman–Crippen MR) is 86.9 cm³/mol. The van der Waals surface area contributed by atoms with E-state index in [2.05, 4.69) is 38.0 Å². The molecule has 19 heavy (non-hydrogen) atoms. The standard InChI is InChI=1S/C13H8BrFIO2P/c14-11-6-3-9(7-12(11)15)13(17)8-1-4-10(5-2-8)18-19-16/h1-7,19H. The molecule has 0 aliphatic heterocycles. The first kappa shape index (κ1) is 14.9. The van der Waals surface area contributed by atoms with E-state index in [1.165, 1.54) is 12.1 Å². The summed E-state index contributed by atoms with van der Waals surface area (Å²) in [5.41, 5.74) is 0.830. The number of benzene rings is 2. The maximum atomic E-state index is 13.4. The largest absolute Gasteiger partial charge is 0.467 e. The number of carbonyl (C=O) groups excluding carboxylic acids is 1. The fraction of sp³-hybridized carbons (Fsp3) is 0. The number of ketones is 1. The second kappa shape index (κ2) is 6.77. The third kappa shape index (κ3) is 3.74. The second-order valence-corrected chi connectivity index (χ2v) is 6.20. The summed E-state index contributed by atoms with van der Waals surface area (Å²) in [6.07, 6.45) is 0. The Morgan fingerprint density at radius 3 is 2.37 bits per heavy atom. The molecule has 2 aromatic rings. The molecule has 0 radical (unpaired) electrons. The Balaban J connectivity index is 2.25. The van der Waals surface area contributed by atoms with Crippen LogP contribution >= 0.6 is 44.4 Å². The van der Waals surface area contributed by atoms with Crippen LogP contribution in [0.3, 0.4) is 0 Å². The Morgan fingerprint density at radius 1 is 1.16 bits per heavy atom. The van der Waals surface area contributed by atoms with Crippen LogP contribution in [-0.2, 0) is 0 Å². The van der Waals surface area contributed by atoms with Gasteiger partial charge in [-0.25, -0.2) is 4.39 Å². The van der Waals surface area contributed by atoms with Gasteiger partial charge in [-0.05, 0) is 80.4 Å². The third-order valence-corrected chi connectivity index (χ3v) is 4.07. The van der Waals surface area contributed by atoms with E-state index < -0.39 is 5.82 Å². The van der Waals surface area contributed by atoms with E-state index in [4.69, 9.17) is 4.52 Å². The molecule has 98 valence electrons. The summed E-state index contributed by atoms with van der Waals surface area (Å²) in [4.78, 5) is 12.2. The lowest BCUT2D eigenvalue weighted by atomic mass is 10.0. The Morgan fingerprint density at radius 2 is 1.79 bits per heavy atom. The van der Waals surface area contributed by atoms with Crippen molar-refractivity contribution in [1.29, 1.82) is 0 Å². The summed E-state index contributed by atoms with van der Waals surface area (Å²) in [6, 6.07) is 11.2. The second-order valence-electron chi connectivity index (χ2n) is 3.66. The van der Waals surface area contributed by atoms with Gasteiger partial charge in [-0.2, -0.15) is 0 Å². The predicted octanol–water partition coefficient (Wildman–Crippen LogP) is 5.14. The van der Waals surface area contributed by atoms with E-state index in [0.717, 1.165) is 0 Å². The monoisotopic (exact) mass is 452 g/mol. The summed E-state index contributed by atoms with van der Waals surface area (Å²) in [7, 11) is 0. The van der Waals surface area contributed by atoms with E-state index in [0.29, 0.717) is 27.8 Å². The molecule has 0 N–H and O–H groups in total. The maximum Gasteiger partial charge on any atom is 0.193 e. The van der Waals surface area contributed by atoms with Crippen molar-refractivity contribution in [2.75, 3.05) is 0 Å². The minimum Gasteiger partial charge on any atom is -0.467 e. The smallest absolute Gasteiger partial charge is 0.193 e. The molecule has 1 unspecified atom stereocenters. The minimum absolute atomic E-state index is 0.213. The average molecular weight is 453 g/mol. The molecule has 0 aliphatic rings. The lowest BCUT2D eigenvalue weighted by Crippen LogP contribution is -2.01. The molecule has 0 aromatic heterocycles. The van der Waals surface area contributed by atoms with E-state index in [-0.39, 0.29) is 5.78 Å². The van der Waals surface area contributed by atoms with Crippen LogP contribution in [0.2, 0.25) is 0 Å². The molecule has 0 saturated carbocycles. The Bertz CT molecular complexity index is 604. The Hall–Kier alpha value is -0.520. The van der Waals surface area contributed by atoms with Gasteiger partial charge in [-0.15, -0.1) is 0 Å². The van der Waals surface area contributed by atoms with Crippen molar-refractivity contribution in [2.45, 2.75) is 0 Å². The molecule has 0 bridgehead atoms. The van der Waals surface area contributed by atoms with E-state index in [1.807, 2.05) is 0 Å². The van der Waals surface area contributed by atoms with Gasteiger partial charge >= 0.3 is 0 Å². The van der Waals surface area contributed by atoms with E-state index in [1.54, 1.807) is 30.3 Å². The van der Waals surface area contributed by atoms with Gasteiger partial charge in [-0.3, -0.25) is 4.79 Å². The number of hydrogen-bond acceptors (Lipinski definition) is 2.